The van der Waals surface area contributed by atoms with Gasteiger partial charge in [-0.1, -0.05) is 20.8 Å². The van der Waals surface area contributed by atoms with Crippen molar-refractivity contribution < 1.29 is 9.90 Å². The first-order chi connectivity index (χ1) is 6.73. The quantitative estimate of drug-likeness (QED) is 0.828. The number of hydrogen-bond acceptors (Lipinski definition) is 2. The van der Waals surface area contributed by atoms with E-state index < -0.39 is 6.09 Å². The molecular weight excluding hydrogens is 262 g/mol. The van der Waals surface area contributed by atoms with Gasteiger partial charge in [0, 0.05) is 12.5 Å². The molecule has 1 aromatic rings. The van der Waals surface area contributed by atoms with E-state index in [4.69, 9.17) is 5.11 Å². The molecule has 0 aliphatic carbocycles. The SMILES string of the molecule is Cn1nc(C(C)(C)C)c(Br)c1NC(=O)O. The van der Waals surface area contributed by atoms with Gasteiger partial charge in [-0.25, -0.2) is 4.79 Å². The molecule has 0 bridgehead atoms. The van der Waals surface area contributed by atoms with Crippen molar-refractivity contribution in [1.29, 1.82) is 0 Å². The van der Waals surface area contributed by atoms with Crippen LogP contribution >= 0.6 is 15.9 Å². The molecule has 1 amide bonds. The zero-order valence-corrected chi connectivity index (χ0v) is 10.7. The Kier molecular flexibility index (Phi) is 3.08. The number of carboxylic acid groups (broad SMARTS) is 1. The first kappa shape index (κ1) is 12.0. The van der Waals surface area contributed by atoms with Crippen LogP contribution in [-0.4, -0.2) is 21.0 Å². The predicted molar refractivity (Wildman–Crippen MR) is 61.3 cm³/mol. The van der Waals surface area contributed by atoms with Crippen LogP contribution in [0, 0.1) is 0 Å². The molecule has 6 heteroatoms. The highest BCUT2D eigenvalue weighted by molar-refractivity contribution is 9.10. The van der Waals surface area contributed by atoms with Gasteiger partial charge in [0.1, 0.15) is 5.82 Å². The molecule has 15 heavy (non-hydrogen) atoms. The Labute approximate surface area is 96.6 Å². The van der Waals surface area contributed by atoms with E-state index in [2.05, 4.69) is 26.3 Å². The van der Waals surface area contributed by atoms with Crippen molar-refractivity contribution >= 4 is 27.8 Å². The molecule has 0 aliphatic rings. The summed E-state index contributed by atoms with van der Waals surface area (Å²) in [6.45, 7) is 6.06. The summed E-state index contributed by atoms with van der Waals surface area (Å²) < 4.78 is 2.21. The first-order valence-electron chi connectivity index (χ1n) is 4.46. The van der Waals surface area contributed by atoms with E-state index in [-0.39, 0.29) is 5.41 Å². The minimum absolute atomic E-state index is 0.130. The van der Waals surface area contributed by atoms with Gasteiger partial charge in [-0.3, -0.25) is 10.00 Å². The van der Waals surface area contributed by atoms with Crippen LogP contribution < -0.4 is 5.32 Å². The molecule has 0 aliphatic heterocycles. The maximum absolute atomic E-state index is 10.6. The monoisotopic (exact) mass is 275 g/mol. The van der Waals surface area contributed by atoms with Crippen LogP contribution in [0.4, 0.5) is 10.6 Å². The van der Waals surface area contributed by atoms with Crippen LogP contribution in [0.15, 0.2) is 4.47 Å². The molecule has 0 saturated carbocycles. The van der Waals surface area contributed by atoms with Gasteiger partial charge < -0.3 is 5.11 Å². The fraction of sp³-hybridized carbons (Fsp3) is 0.556. The largest absolute Gasteiger partial charge is 0.465 e. The van der Waals surface area contributed by atoms with Gasteiger partial charge in [0.25, 0.3) is 0 Å². The molecule has 1 aromatic heterocycles. The third-order valence-electron chi connectivity index (χ3n) is 1.93. The second-order valence-electron chi connectivity index (χ2n) is 4.31. The Bertz CT molecular complexity index is 393. The molecule has 0 fully saturated rings. The summed E-state index contributed by atoms with van der Waals surface area (Å²) in [5.41, 5.74) is 0.698. The normalized spacial score (nSPS) is 11.5. The van der Waals surface area contributed by atoms with Crippen LogP contribution in [0.1, 0.15) is 26.5 Å². The summed E-state index contributed by atoms with van der Waals surface area (Å²) in [5, 5.41) is 15.2. The summed E-state index contributed by atoms with van der Waals surface area (Å²) >= 11 is 3.36. The molecule has 1 heterocycles. The number of anilines is 1. The summed E-state index contributed by atoms with van der Waals surface area (Å²) in [4.78, 5) is 10.6. The maximum atomic E-state index is 10.6. The number of halogens is 1. The number of amides is 1. The molecule has 1 rings (SSSR count). The van der Waals surface area contributed by atoms with Gasteiger partial charge >= 0.3 is 6.09 Å². The highest BCUT2D eigenvalue weighted by atomic mass is 79.9. The summed E-state index contributed by atoms with van der Waals surface area (Å²) in [5.74, 6) is 0.451. The average molecular weight is 276 g/mol. The van der Waals surface area contributed by atoms with E-state index in [0.717, 1.165) is 5.69 Å². The lowest BCUT2D eigenvalue weighted by atomic mass is 9.92. The molecular formula is C9H14BrN3O2. The molecule has 84 valence electrons. The van der Waals surface area contributed by atoms with Crippen molar-refractivity contribution in [1.82, 2.24) is 9.78 Å². The van der Waals surface area contributed by atoms with Crippen molar-refractivity contribution in [2.75, 3.05) is 5.32 Å². The fourth-order valence-corrected chi connectivity index (χ4v) is 2.24. The summed E-state index contributed by atoms with van der Waals surface area (Å²) in [6.07, 6.45) is -1.10. The third-order valence-corrected chi connectivity index (χ3v) is 2.68. The standard InChI is InChI=1S/C9H14BrN3O2/c1-9(2,3)6-5(10)7(11-8(14)15)13(4)12-6/h11H,1-4H3,(H,14,15). The molecule has 5 nitrogen and oxygen atoms in total. The number of nitrogens with zero attached hydrogens (tertiary/aromatic N) is 2. The molecule has 2 N–H and O–H groups in total. The summed E-state index contributed by atoms with van der Waals surface area (Å²) in [6, 6.07) is 0. The van der Waals surface area contributed by atoms with Crippen LogP contribution in [0.2, 0.25) is 0 Å². The fourth-order valence-electron chi connectivity index (χ4n) is 1.21. The van der Waals surface area contributed by atoms with Gasteiger partial charge in [0.15, 0.2) is 0 Å². The van der Waals surface area contributed by atoms with Crippen molar-refractivity contribution in [2.45, 2.75) is 26.2 Å². The maximum Gasteiger partial charge on any atom is 0.410 e. The number of nitrogens with one attached hydrogen (secondary N) is 1. The molecule has 0 radical (unpaired) electrons. The van der Waals surface area contributed by atoms with Crippen LogP contribution in [0.25, 0.3) is 0 Å². The molecule has 0 spiro atoms. The zero-order valence-electron chi connectivity index (χ0n) is 9.13. The Balaban J connectivity index is 3.21. The average Bonchev–Trinajstić information content (AvgIpc) is 2.30. The number of rotatable bonds is 1. The Morgan fingerprint density at radius 2 is 2.07 bits per heavy atom. The number of aromatic nitrogens is 2. The van der Waals surface area contributed by atoms with Crippen LogP contribution in [-0.2, 0) is 12.5 Å². The van der Waals surface area contributed by atoms with Gasteiger partial charge in [0.2, 0.25) is 0 Å². The van der Waals surface area contributed by atoms with Crippen molar-refractivity contribution in [3.05, 3.63) is 10.2 Å². The molecule has 0 atom stereocenters. The second-order valence-corrected chi connectivity index (χ2v) is 5.11. The number of hydrogen-bond donors (Lipinski definition) is 2. The zero-order chi connectivity index (χ0) is 11.8. The van der Waals surface area contributed by atoms with Gasteiger partial charge in [-0.2, -0.15) is 5.10 Å². The molecule has 0 unspecified atom stereocenters. The van der Waals surface area contributed by atoms with E-state index in [1.54, 1.807) is 7.05 Å². The minimum Gasteiger partial charge on any atom is -0.465 e. The topological polar surface area (TPSA) is 67.2 Å². The van der Waals surface area contributed by atoms with E-state index in [9.17, 15) is 4.79 Å². The van der Waals surface area contributed by atoms with Gasteiger partial charge in [0.05, 0.1) is 10.2 Å². The Morgan fingerprint density at radius 3 is 2.40 bits per heavy atom. The predicted octanol–water partition coefficient (Wildman–Crippen LogP) is 2.57. The second kappa shape index (κ2) is 3.84. The van der Waals surface area contributed by atoms with Crippen molar-refractivity contribution in [3.63, 3.8) is 0 Å². The molecule has 0 saturated heterocycles. The van der Waals surface area contributed by atoms with E-state index in [1.807, 2.05) is 20.8 Å². The highest BCUT2D eigenvalue weighted by Gasteiger charge is 2.25. The van der Waals surface area contributed by atoms with Crippen LogP contribution in [0.3, 0.4) is 0 Å². The Hall–Kier alpha value is -1.04. The van der Waals surface area contributed by atoms with Gasteiger partial charge in [-0.15, -0.1) is 0 Å². The van der Waals surface area contributed by atoms with E-state index >= 15 is 0 Å². The van der Waals surface area contributed by atoms with Gasteiger partial charge in [-0.05, 0) is 15.9 Å². The number of carbonyl (C=O) groups is 1. The van der Waals surface area contributed by atoms with E-state index in [1.165, 1.54) is 4.68 Å². The van der Waals surface area contributed by atoms with E-state index in [0.29, 0.717) is 10.3 Å². The molecule has 0 aromatic carbocycles. The lowest BCUT2D eigenvalue weighted by molar-refractivity contribution is 0.209. The highest BCUT2D eigenvalue weighted by Crippen LogP contribution is 2.33. The summed E-state index contributed by atoms with van der Waals surface area (Å²) in [7, 11) is 1.70. The van der Waals surface area contributed by atoms with Crippen LogP contribution in [0.5, 0.6) is 0 Å². The lowest BCUT2D eigenvalue weighted by Crippen LogP contribution is -2.13. The number of aryl methyl sites for hydroxylation is 1. The minimum atomic E-state index is -1.10. The lowest BCUT2D eigenvalue weighted by Gasteiger charge is -2.15. The Morgan fingerprint density at radius 1 is 1.53 bits per heavy atom. The smallest absolute Gasteiger partial charge is 0.410 e. The third kappa shape index (κ3) is 2.50. The van der Waals surface area contributed by atoms with Crippen molar-refractivity contribution in [2.24, 2.45) is 7.05 Å². The van der Waals surface area contributed by atoms with Crippen molar-refractivity contribution in [3.8, 4) is 0 Å². The first-order valence-corrected chi connectivity index (χ1v) is 5.25.